The Bertz CT molecular complexity index is 1680. The number of aromatic nitrogens is 3. The predicted octanol–water partition coefficient (Wildman–Crippen LogP) is 3.20. The van der Waals surface area contributed by atoms with Crippen LogP contribution in [0.4, 0.5) is 11.4 Å². The number of piperidine rings is 1. The fraction of sp³-hybridized carbons (Fsp3) is 0.406. The number of anilines is 1. The molecule has 2 aromatic heterocycles. The molecule has 2 aromatic carbocycles. The first-order chi connectivity index (χ1) is 20.3. The first-order valence-electron chi connectivity index (χ1n) is 14.9. The Morgan fingerprint density at radius 2 is 2.02 bits per heavy atom. The summed E-state index contributed by atoms with van der Waals surface area (Å²) in [7, 11) is 0. The van der Waals surface area contributed by atoms with Gasteiger partial charge in [-0.05, 0) is 54.5 Å². The molecule has 10 nitrogen and oxygen atoms in total. The summed E-state index contributed by atoms with van der Waals surface area (Å²) in [5, 5.41) is 24.0. The lowest BCUT2D eigenvalue weighted by Crippen LogP contribution is -2.99. The highest BCUT2D eigenvalue weighted by molar-refractivity contribution is 5.83. The number of rotatable bonds is 6. The van der Waals surface area contributed by atoms with Crippen LogP contribution in [0.25, 0.3) is 11.0 Å². The van der Waals surface area contributed by atoms with Gasteiger partial charge in [-0.15, -0.1) is 0 Å². The second-order valence-corrected chi connectivity index (χ2v) is 12.2. The molecule has 7 atom stereocenters. The van der Waals surface area contributed by atoms with Gasteiger partial charge in [-0.2, -0.15) is 5.23 Å². The van der Waals surface area contributed by atoms with E-state index in [-0.39, 0.29) is 47.0 Å². The van der Waals surface area contributed by atoms with Crippen molar-refractivity contribution in [3.05, 3.63) is 93.3 Å². The number of nitrogens with zero attached hydrogens (tertiary/aromatic N) is 3. The van der Waals surface area contributed by atoms with E-state index in [2.05, 4.69) is 29.0 Å². The van der Waals surface area contributed by atoms with Gasteiger partial charge in [-0.1, -0.05) is 38.5 Å². The van der Waals surface area contributed by atoms with E-state index in [1.165, 1.54) is 0 Å². The number of para-hydroxylation sites is 2. The third kappa shape index (κ3) is 4.41. The molecule has 1 amide bonds. The van der Waals surface area contributed by atoms with Crippen LogP contribution in [-0.2, 0) is 17.8 Å². The molecule has 5 heterocycles. The Morgan fingerprint density at radius 1 is 1.19 bits per heavy atom. The van der Waals surface area contributed by atoms with Crippen molar-refractivity contribution < 1.29 is 15.2 Å². The van der Waals surface area contributed by atoms with Crippen LogP contribution >= 0.6 is 0 Å². The lowest BCUT2D eigenvalue weighted by Gasteiger charge is -2.54. The van der Waals surface area contributed by atoms with Crippen molar-refractivity contribution in [1.29, 1.82) is 0 Å². The number of nitrogens with one attached hydrogen (secondary N) is 3. The number of quaternary nitrogens is 1. The van der Waals surface area contributed by atoms with E-state index in [1.807, 2.05) is 47.0 Å². The number of H-pyrrole nitrogens is 1. The molecule has 3 aliphatic heterocycles. The Morgan fingerprint density at radius 3 is 2.81 bits per heavy atom. The first kappa shape index (κ1) is 26.9. The van der Waals surface area contributed by atoms with E-state index >= 15 is 0 Å². The smallest absolute Gasteiger partial charge is 0.250 e. The summed E-state index contributed by atoms with van der Waals surface area (Å²) in [5.41, 5.74) is 4.92. The maximum absolute atomic E-state index is 14.4. The molecule has 0 radical (unpaired) electrons. The summed E-state index contributed by atoms with van der Waals surface area (Å²) in [4.78, 5) is 37.8. The van der Waals surface area contributed by atoms with Gasteiger partial charge in [0.25, 0.3) is 5.56 Å². The monoisotopic (exact) mass is 568 g/mol. The molecule has 4 N–H and O–H groups in total. The van der Waals surface area contributed by atoms with E-state index in [4.69, 9.17) is 4.98 Å². The Balaban J connectivity index is 1.28. The fourth-order valence-electron chi connectivity index (χ4n) is 7.58. The zero-order valence-corrected chi connectivity index (χ0v) is 23.8. The van der Waals surface area contributed by atoms with Crippen LogP contribution in [0.15, 0.2) is 65.5 Å². The first-order valence-corrected chi connectivity index (χ1v) is 14.9. The van der Waals surface area contributed by atoms with Crippen LogP contribution in [0.1, 0.15) is 55.7 Å². The van der Waals surface area contributed by atoms with Gasteiger partial charge < -0.3 is 25.0 Å². The number of fused-ring (bicyclic) bond motifs is 9. The lowest BCUT2D eigenvalue weighted by atomic mass is 9.70. The van der Waals surface area contributed by atoms with Gasteiger partial charge in [0.05, 0.1) is 23.0 Å². The molecule has 7 unspecified atom stereocenters. The van der Waals surface area contributed by atoms with E-state index in [9.17, 15) is 20.0 Å². The van der Waals surface area contributed by atoms with E-state index < -0.39 is 11.1 Å². The van der Waals surface area contributed by atoms with Gasteiger partial charge in [0.1, 0.15) is 5.82 Å². The highest BCUT2D eigenvalue weighted by Crippen LogP contribution is 2.47. The lowest BCUT2D eigenvalue weighted by molar-refractivity contribution is -0.991. The predicted molar refractivity (Wildman–Crippen MR) is 159 cm³/mol. The van der Waals surface area contributed by atoms with Crippen LogP contribution in [0.3, 0.4) is 0 Å². The average molecular weight is 569 g/mol. The number of hydrogen-bond acceptors (Lipinski definition) is 6. The van der Waals surface area contributed by atoms with E-state index in [0.29, 0.717) is 19.5 Å². The van der Waals surface area contributed by atoms with Gasteiger partial charge in [0.2, 0.25) is 5.91 Å². The number of carbonyl (C=O) groups is 1. The minimum atomic E-state index is -0.980. The minimum absolute atomic E-state index is 0.000631. The van der Waals surface area contributed by atoms with Crippen LogP contribution in [0.2, 0.25) is 0 Å². The van der Waals surface area contributed by atoms with Crippen LogP contribution < -0.4 is 21.0 Å². The van der Waals surface area contributed by atoms with Gasteiger partial charge in [0.15, 0.2) is 5.69 Å². The molecule has 1 saturated heterocycles. The summed E-state index contributed by atoms with van der Waals surface area (Å²) >= 11 is 0. The Labute approximate surface area is 243 Å². The molecule has 0 aliphatic carbocycles. The maximum Gasteiger partial charge on any atom is 0.250 e. The quantitative estimate of drug-likeness (QED) is 0.264. The van der Waals surface area contributed by atoms with Crippen molar-refractivity contribution in [3.8, 4) is 0 Å². The normalized spacial score (nSPS) is 24.7. The zero-order chi connectivity index (χ0) is 29.1. The van der Waals surface area contributed by atoms with E-state index in [0.717, 1.165) is 46.6 Å². The number of benzene rings is 2. The van der Waals surface area contributed by atoms with E-state index in [1.54, 1.807) is 18.2 Å². The van der Waals surface area contributed by atoms with Gasteiger partial charge >= 0.3 is 0 Å². The topological polar surface area (TPSA) is 131 Å². The largest absolute Gasteiger partial charge is 0.595 e. The molecular weight excluding hydrogens is 532 g/mol. The Hall–Kier alpha value is -3.99. The summed E-state index contributed by atoms with van der Waals surface area (Å²) in [6.45, 7) is 5.47. The molecular formula is C32H36N6O4. The van der Waals surface area contributed by atoms with Gasteiger partial charge in [-0.3, -0.25) is 9.59 Å². The molecule has 2 bridgehead atoms. The van der Waals surface area contributed by atoms with Crippen molar-refractivity contribution in [3.63, 3.8) is 0 Å². The Kier molecular flexibility index (Phi) is 6.64. The number of hydrogen-bond donors (Lipinski definition) is 4. The molecule has 10 heteroatoms. The summed E-state index contributed by atoms with van der Waals surface area (Å²) in [5.74, 6) is 0.660. The van der Waals surface area contributed by atoms with Crippen LogP contribution in [0.5, 0.6) is 0 Å². The van der Waals surface area contributed by atoms with Crippen molar-refractivity contribution in [2.75, 3.05) is 11.4 Å². The molecule has 4 aromatic rings. The average Bonchev–Trinajstić information content (AvgIpc) is 3.43. The second kappa shape index (κ2) is 10.4. The number of amides is 1. The zero-order valence-electron chi connectivity index (χ0n) is 23.8. The van der Waals surface area contributed by atoms with Crippen molar-refractivity contribution in [2.45, 2.75) is 57.7 Å². The standard InChI is InChI=1S/C32H36N6O4/c1-3-18(2)29(31-33-24-7-4-5-8-25(24)34-31)35-32(40)23-15-19-14-22(38(41)42)11-12-27(19)37-16-20-13-21(30(23)37)17-36-26(20)9-6-10-28(36)39/h4-12,14,18,20-21,23,29-30,38,41H,3,13,15-17H2,1-2H3,(H,33,34)(H,35,40). The maximum atomic E-state index is 14.4. The molecule has 3 aliphatic rings. The fourth-order valence-corrected chi connectivity index (χ4v) is 7.58. The number of pyridine rings is 1. The molecule has 218 valence electrons. The molecule has 0 saturated carbocycles. The summed E-state index contributed by atoms with van der Waals surface area (Å²) in [6.07, 6.45) is 2.21. The SMILES string of the molecule is CCC(C)C(NC(=O)C1Cc2cc([NH+]([O-])O)ccc2N2CC3CC(Cn4c3cccc4=O)C12)c1nc2ccccc2[nH]1. The summed E-state index contributed by atoms with van der Waals surface area (Å²) < 4.78 is 1.89. The van der Waals surface area contributed by atoms with Crippen molar-refractivity contribution in [1.82, 2.24) is 19.9 Å². The van der Waals surface area contributed by atoms with Gasteiger partial charge in [-0.25, -0.2) is 10.2 Å². The number of aromatic amines is 1. The van der Waals surface area contributed by atoms with Crippen molar-refractivity contribution >= 4 is 28.3 Å². The molecule has 7 rings (SSSR count). The van der Waals surface area contributed by atoms with Crippen molar-refractivity contribution in [2.24, 2.45) is 17.8 Å². The third-order valence-corrected chi connectivity index (χ3v) is 9.80. The highest BCUT2D eigenvalue weighted by Gasteiger charge is 2.49. The second-order valence-electron chi connectivity index (χ2n) is 12.2. The number of carbonyl (C=O) groups excluding carboxylic acids is 1. The molecule has 42 heavy (non-hydrogen) atoms. The van der Waals surface area contributed by atoms with Crippen LogP contribution in [0, 0.1) is 23.0 Å². The summed E-state index contributed by atoms with van der Waals surface area (Å²) in [6, 6.07) is 18.2. The molecule has 1 fully saturated rings. The highest BCUT2D eigenvalue weighted by atomic mass is 16.8. The number of imidazole rings is 1. The van der Waals surface area contributed by atoms with Gasteiger partial charge in [0, 0.05) is 54.6 Å². The third-order valence-electron chi connectivity index (χ3n) is 9.80. The minimum Gasteiger partial charge on any atom is -0.595 e. The molecule has 0 spiro atoms. The van der Waals surface area contributed by atoms with Crippen LogP contribution in [-0.4, -0.2) is 38.2 Å².